The maximum atomic E-state index is 12.9. The van der Waals surface area contributed by atoms with Crippen LogP contribution in [0.25, 0.3) is 11.3 Å². The van der Waals surface area contributed by atoms with Gasteiger partial charge in [0.05, 0.1) is 17.8 Å². The van der Waals surface area contributed by atoms with E-state index in [1.807, 2.05) is 30.3 Å². The summed E-state index contributed by atoms with van der Waals surface area (Å²) < 4.78 is 49.1. The summed E-state index contributed by atoms with van der Waals surface area (Å²) in [5.41, 5.74) is 0.696. The van der Waals surface area contributed by atoms with E-state index in [0.29, 0.717) is 11.6 Å². The lowest BCUT2D eigenvalue weighted by Gasteiger charge is -2.13. The molecule has 3 aromatic rings. The normalized spacial score (nSPS) is 11.0. The number of nitrogens with one attached hydrogen (secondary N) is 1. The number of alkyl halides is 3. The second-order valence-corrected chi connectivity index (χ2v) is 6.10. The van der Waals surface area contributed by atoms with E-state index in [9.17, 15) is 18.0 Å². The maximum Gasteiger partial charge on any atom is 0.419 e. The van der Waals surface area contributed by atoms with Crippen LogP contribution < -0.4 is 14.8 Å². The number of halogens is 3. The Morgan fingerprint density at radius 2 is 1.63 bits per heavy atom. The molecule has 1 aromatic heterocycles. The van der Waals surface area contributed by atoms with E-state index in [1.54, 1.807) is 12.1 Å². The second-order valence-electron chi connectivity index (χ2n) is 6.10. The van der Waals surface area contributed by atoms with Crippen molar-refractivity contribution < 1.29 is 27.4 Å². The summed E-state index contributed by atoms with van der Waals surface area (Å²) in [7, 11) is 0. The fourth-order valence-corrected chi connectivity index (χ4v) is 2.53. The predicted molar refractivity (Wildman–Crippen MR) is 103 cm³/mol. The Labute approximate surface area is 170 Å². The maximum absolute atomic E-state index is 12.9. The number of nitrogens with zero attached hydrogens (tertiary/aromatic N) is 2. The Kier molecular flexibility index (Phi) is 6.84. The molecule has 3 rings (SSSR count). The monoisotopic (exact) mass is 417 g/mol. The van der Waals surface area contributed by atoms with Crippen LogP contribution in [0, 0.1) is 0 Å². The molecule has 0 fully saturated rings. The van der Waals surface area contributed by atoms with Crippen molar-refractivity contribution in [1.82, 2.24) is 15.5 Å². The van der Waals surface area contributed by atoms with Crippen LogP contribution >= 0.6 is 0 Å². The van der Waals surface area contributed by atoms with Crippen molar-refractivity contribution in [2.45, 2.75) is 6.18 Å². The highest BCUT2D eigenvalue weighted by Gasteiger charge is 2.34. The molecule has 9 heteroatoms. The molecule has 0 saturated heterocycles. The molecule has 0 saturated carbocycles. The van der Waals surface area contributed by atoms with Crippen LogP contribution in [-0.4, -0.2) is 35.9 Å². The predicted octanol–water partition coefficient (Wildman–Crippen LogP) is 3.74. The number of para-hydroxylation sites is 1. The SMILES string of the molecule is O=C(COc1ccccc1C(F)(F)F)NCCOc1ccc(-c2ccccc2)nn1. The van der Waals surface area contributed by atoms with E-state index in [0.717, 1.165) is 17.7 Å². The van der Waals surface area contributed by atoms with Crippen LogP contribution in [0.1, 0.15) is 5.56 Å². The molecule has 0 unspecified atom stereocenters. The molecular weight excluding hydrogens is 399 g/mol. The molecule has 2 aromatic carbocycles. The van der Waals surface area contributed by atoms with Crippen molar-refractivity contribution in [2.75, 3.05) is 19.8 Å². The van der Waals surface area contributed by atoms with Crippen molar-refractivity contribution in [3.63, 3.8) is 0 Å². The second kappa shape index (κ2) is 9.73. The van der Waals surface area contributed by atoms with Gasteiger partial charge in [0.25, 0.3) is 5.91 Å². The summed E-state index contributed by atoms with van der Waals surface area (Å²) in [6.07, 6.45) is -4.56. The summed E-state index contributed by atoms with van der Waals surface area (Å²) in [5.74, 6) is -0.675. The number of aromatic nitrogens is 2. The van der Waals surface area contributed by atoms with E-state index in [-0.39, 0.29) is 13.2 Å². The average Bonchev–Trinajstić information content (AvgIpc) is 2.76. The number of carbonyl (C=O) groups excluding carboxylic acids is 1. The van der Waals surface area contributed by atoms with Crippen LogP contribution in [0.2, 0.25) is 0 Å². The van der Waals surface area contributed by atoms with E-state index in [2.05, 4.69) is 15.5 Å². The fraction of sp³-hybridized carbons (Fsp3) is 0.190. The molecule has 6 nitrogen and oxygen atoms in total. The molecule has 0 bridgehead atoms. The molecular formula is C21H18F3N3O3. The highest BCUT2D eigenvalue weighted by molar-refractivity contribution is 5.77. The van der Waals surface area contributed by atoms with Gasteiger partial charge < -0.3 is 14.8 Å². The van der Waals surface area contributed by atoms with Gasteiger partial charge >= 0.3 is 6.18 Å². The van der Waals surface area contributed by atoms with Crippen molar-refractivity contribution in [3.05, 3.63) is 72.3 Å². The minimum absolute atomic E-state index is 0.115. The molecule has 1 N–H and O–H groups in total. The number of hydrogen-bond acceptors (Lipinski definition) is 5. The summed E-state index contributed by atoms with van der Waals surface area (Å²) in [6.45, 7) is -0.297. The minimum atomic E-state index is -4.56. The van der Waals surface area contributed by atoms with Gasteiger partial charge in [-0.05, 0) is 18.2 Å². The highest BCUT2D eigenvalue weighted by Crippen LogP contribution is 2.35. The van der Waals surface area contributed by atoms with Crippen molar-refractivity contribution >= 4 is 5.91 Å². The lowest BCUT2D eigenvalue weighted by atomic mass is 10.1. The minimum Gasteiger partial charge on any atom is -0.483 e. The molecule has 1 heterocycles. The van der Waals surface area contributed by atoms with E-state index in [4.69, 9.17) is 9.47 Å². The number of benzene rings is 2. The molecule has 0 aliphatic carbocycles. The number of ether oxygens (including phenoxy) is 2. The molecule has 0 spiro atoms. The van der Waals surface area contributed by atoms with Gasteiger partial charge in [-0.2, -0.15) is 13.2 Å². The summed E-state index contributed by atoms with van der Waals surface area (Å²) in [4.78, 5) is 11.8. The zero-order valence-corrected chi connectivity index (χ0v) is 15.7. The van der Waals surface area contributed by atoms with Crippen LogP contribution in [0.3, 0.4) is 0 Å². The first kappa shape index (κ1) is 21.1. The Morgan fingerprint density at radius 1 is 0.900 bits per heavy atom. The van der Waals surface area contributed by atoms with Crippen LogP contribution in [-0.2, 0) is 11.0 Å². The summed E-state index contributed by atoms with van der Waals surface area (Å²) in [5, 5.41) is 10.5. The Hall–Kier alpha value is -3.62. The van der Waals surface area contributed by atoms with Crippen LogP contribution in [0.5, 0.6) is 11.6 Å². The van der Waals surface area contributed by atoms with Gasteiger partial charge in [0, 0.05) is 11.6 Å². The summed E-state index contributed by atoms with van der Waals surface area (Å²) in [6, 6.07) is 17.7. The molecule has 0 aliphatic rings. The van der Waals surface area contributed by atoms with Gasteiger partial charge in [-0.15, -0.1) is 10.2 Å². The smallest absolute Gasteiger partial charge is 0.419 e. The third kappa shape index (κ3) is 5.94. The standard InChI is InChI=1S/C21H18F3N3O3/c22-21(23,24)16-8-4-5-9-18(16)30-14-19(28)25-12-13-29-20-11-10-17(26-27-20)15-6-2-1-3-7-15/h1-11H,12-14H2,(H,25,28). The highest BCUT2D eigenvalue weighted by atomic mass is 19.4. The lowest BCUT2D eigenvalue weighted by Crippen LogP contribution is -2.32. The molecule has 0 atom stereocenters. The third-order valence-electron chi connectivity index (χ3n) is 3.94. The van der Waals surface area contributed by atoms with Crippen LogP contribution in [0.4, 0.5) is 13.2 Å². The number of carbonyl (C=O) groups is 1. The lowest BCUT2D eigenvalue weighted by molar-refractivity contribution is -0.139. The van der Waals surface area contributed by atoms with Gasteiger partial charge in [0.2, 0.25) is 5.88 Å². The number of amides is 1. The number of hydrogen-bond donors (Lipinski definition) is 1. The summed E-state index contributed by atoms with van der Waals surface area (Å²) >= 11 is 0. The van der Waals surface area contributed by atoms with Crippen molar-refractivity contribution in [2.24, 2.45) is 0 Å². The Balaban J connectivity index is 1.40. The van der Waals surface area contributed by atoms with Crippen LogP contribution in [0.15, 0.2) is 66.7 Å². The molecule has 1 amide bonds. The average molecular weight is 417 g/mol. The van der Waals surface area contributed by atoms with Gasteiger partial charge in [-0.3, -0.25) is 4.79 Å². The molecule has 156 valence electrons. The number of rotatable bonds is 8. The van der Waals surface area contributed by atoms with Crippen molar-refractivity contribution in [3.8, 4) is 22.9 Å². The zero-order chi connectivity index (χ0) is 21.4. The first-order chi connectivity index (χ1) is 14.4. The molecule has 0 radical (unpaired) electrons. The van der Waals surface area contributed by atoms with Gasteiger partial charge in [-0.1, -0.05) is 42.5 Å². The first-order valence-electron chi connectivity index (χ1n) is 9.01. The Morgan fingerprint density at radius 3 is 2.33 bits per heavy atom. The van der Waals surface area contributed by atoms with E-state index in [1.165, 1.54) is 12.1 Å². The Bertz CT molecular complexity index is 964. The van der Waals surface area contributed by atoms with Gasteiger partial charge in [0.1, 0.15) is 12.4 Å². The van der Waals surface area contributed by atoms with E-state index >= 15 is 0 Å². The third-order valence-corrected chi connectivity index (χ3v) is 3.94. The zero-order valence-electron chi connectivity index (χ0n) is 15.7. The van der Waals surface area contributed by atoms with E-state index < -0.39 is 30.0 Å². The van der Waals surface area contributed by atoms with Crippen molar-refractivity contribution in [1.29, 1.82) is 0 Å². The van der Waals surface area contributed by atoms with Gasteiger partial charge in [0.15, 0.2) is 6.61 Å². The first-order valence-corrected chi connectivity index (χ1v) is 9.01. The largest absolute Gasteiger partial charge is 0.483 e. The topological polar surface area (TPSA) is 73.3 Å². The molecule has 30 heavy (non-hydrogen) atoms. The molecule has 0 aliphatic heterocycles. The fourth-order valence-electron chi connectivity index (χ4n) is 2.53. The quantitative estimate of drug-likeness (QED) is 0.566. The van der Waals surface area contributed by atoms with Gasteiger partial charge in [-0.25, -0.2) is 0 Å².